The van der Waals surface area contributed by atoms with Crippen LogP contribution in [0.1, 0.15) is 43.0 Å². The van der Waals surface area contributed by atoms with Crippen LogP contribution in [-0.4, -0.2) is 58.3 Å². The summed E-state index contributed by atoms with van der Waals surface area (Å²) in [5.74, 6) is -0.582. The number of aromatic nitrogens is 3. The van der Waals surface area contributed by atoms with Gasteiger partial charge >= 0.3 is 0 Å². The van der Waals surface area contributed by atoms with Crippen molar-refractivity contribution in [1.29, 1.82) is 0 Å². The number of ether oxygens (including phenoxy) is 1. The Balaban J connectivity index is 1.58. The maximum atomic E-state index is 12.3. The Hall–Kier alpha value is -1.82. The highest BCUT2D eigenvalue weighted by Gasteiger charge is 2.38. The number of amides is 1. The minimum Gasteiger partial charge on any atom is -0.390 e. The molecule has 0 bridgehead atoms. The average Bonchev–Trinajstić information content (AvgIpc) is 3.20. The smallest absolute Gasteiger partial charge is 0.288 e. The van der Waals surface area contributed by atoms with Crippen LogP contribution in [0, 0.1) is 5.92 Å². The van der Waals surface area contributed by atoms with Gasteiger partial charge in [0.25, 0.3) is 16.0 Å². The van der Waals surface area contributed by atoms with Gasteiger partial charge in [0.05, 0.1) is 12.7 Å². The van der Waals surface area contributed by atoms with Crippen molar-refractivity contribution < 1.29 is 27.2 Å². The summed E-state index contributed by atoms with van der Waals surface area (Å²) in [5, 5.41) is 13.3. The molecule has 26 heavy (non-hydrogen) atoms. The first-order chi connectivity index (χ1) is 12.3. The van der Waals surface area contributed by atoms with Gasteiger partial charge in [0.1, 0.15) is 17.7 Å². The minimum absolute atomic E-state index is 0.163. The predicted octanol–water partition coefficient (Wildman–Crippen LogP) is -0.273. The van der Waals surface area contributed by atoms with E-state index in [1.54, 1.807) is 6.08 Å². The third kappa shape index (κ3) is 4.11. The van der Waals surface area contributed by atoms with E-state index in [9.17, 15) is 18.3 Å². The monoisotopic (exact) mass is 386 g/mol. The van der Waals surface area contributed by atoms with Gasteiger partial charge in [-0.3, -0.25) is 8.98 Å². The van der Waals surface area contributed by atoms with Gasteiger partial charge in [0.2, 0.25) is 5.82 Å². The fourth-order valence-electron chi connectivity index (χ4n) is 2.98. The Bertz CT molecular complexity index is 792. The number of rotatable bonds is 6. The predicted molar refractivity (Wildman–Crippen MR) is 89.3 cm³/mol. The lowest BCUT2D eigenvalue weighted by Gasteiger charge is -2.21. The maximum Gasteiger partial charge on any atom is 0.288 e. The second-order valence-electron chi connectivity index (χ2n) is 6.60. The van der Waals surface area contributed by atoms with Crippen molar-refractivity contribution in [2.75, 3.05) is 6.61 Å². The molecular formula is C15H22N4O6S. The van der Waals surface area contributed by atoms with Crippen molar-refractivity contribution in [3.05, 3.63) is 24.3 Å². The number of nitrogens with two attached hydrogens (primary N) is 1. The number of aliphatic hydroxyl groups excluding tert-OH is 1. The molecule has 1 saturated heterocycles. The summed E-state index contributed by atoms with van der Waals surface area (Å²) in [5.41, 5.74) is 5.10. The molecule has 1 aliphatic heterocycles. The fourth-order valence-corrected chi connectivity index (χ4v) is 4.18. The molecule has 11 heteroatoms. The van der Waals surface area contributed by atoms with Crippen molar-refractivity contribution in [1.82, 2.24) is 14.8 Å². The van der Waals surface area contributed by atoms with E-state index in [1.165, 1.54) is 11.0 Å². The Morgan fingerprint density at radius 3 is 2.85 bits per heavy atom. The van der Waals surface area contributed by atoms with E-state index in [0.717, 1.165) is 6.42 Å². The molecule has 1 aliphatic carbocycles. The third-order valence-corrected chi connectivity index (χ3v) is 6.16. The Morgan fingerprint density at radius 1 is 1.46 bits per heavy atom. The summed E-state index contributed by atoms with van der Waals surface area (Å²) in [7, 11) is -3.78. The van der Waals surface area contributed by atoms with Crippen molar-refractivity contribution in [2.24, 2.45) is 11.7 Å². The van der Waals surface area contributed by atoms with Gasteiger partial charge in [-0.1, -0.05) is 19.1 Å². The van der Waals surface area contributed by atoms with Crippen LogP contribution in [0.2, 0.25) is 0 Å². The van der Waals surface area contributed by atoms with E-state index in [1.807, 2.05) is 13.0 Å². The van der Waals surface area contributed by atoms with Crippen LogP contribution >= 0.6 is 0 Å². The average molecular weight is 386 g/mol. The molecule has 0 radical (unpaired) electrons. The molecule has 0 spiro atoms. The lowest BCUT2D eigenvalue weighted by Crippen LogP contribution is -2.32. The van der Waals surface area contributed by atoms with Crippen LogP contribution in [0.5, 0.6) is 0 Å². The van der Waals surface area contributed by atoms with Crippen LogP contribution in [-0.2, 0) is 19.0 Å². The van der Waals surface area contributed by atoms with Crippen molar-refractivity contribution in [3.63, 3.8) is 0 Å². The van der Waals surface area contributed by atoms with Crippen LogP contribution < -0.4 is 5.73 Å². The summed E-state index contributed by atoms with van der Waals surface area (Å²) in [6.45, 7) is 1.73. The third-order valence-electron chi connectivity index (χ3n) is 4.56. The summed E-state index contributed by atoms with van der Waals surface area (Å²) in [6, 6.07) is 0. The number of hydrogen-bond donors (Lipinski definition) is 2. The van der Waals surface area contributed by atoms with E-state index >= 15 is 0 Å². The van der Waals surface area contributed by atoms with Gasteiger partial charge in [0, 0.05) is 6.42 Å². The summed E-state index contributed by atoms with van der Waals surface area (Å²) in [6.07, 6.45) is 3.79. The second-order valence-corrected chi connectivity index (χ2v) is 8.43. The quantitative estimate of drug-likeness (QED) is 0.501. The van der Waals surface area contributed by atoms with Crippen LogP contribution in [0.3, 0.4) is 0 Å². The molecule has 2 heterocycles. The molecule has 5 atom stereocenters. The Kier molecular flexibility index (Phi) is 5.42. The van der Waals surface area contributed by atoms with E-state index in [0.29, 0.717) is 12.3 Å². The van der Waals surface area contributed by atoms with Gasteiger partial charge in [0.15, 0.2) is 6.23 Å². The lowest BCUT2D eigenvalue weighted by molar-refractivity contribution is -0.0429. The summed E-state index contributed by atoms with van der Waals surface area (Å²) < 4.78 is 36.6. The first-order valence-corrected chi connectivity index (χ1v) is 9.84. The molecule has 0 aromatic carbocycles. The van der Waals surface area contributed by atoms with E-state index in [4.69, 9.17) is 14.7 Å². The van der Waals surface area contributed by atoms with Gasteiger partial charge < -0.3 is 15.6 Å². The highest BCUT2D eigenvalue weighted by atomic mass is 32.2. The summed E-state index contributed by atoms with van der Waals surface area (Å²) in [4.78, 5) is 14.8. The number of allylic oxidation sites excluding steroid dienone is 1. The standard InChI is InChI=1S/C15H22N4O6S/c1-9-2-4-10(5-3-9)26(22,23)24-7-12-11(20)6-13(25-12)19-8-17-15(18-19)14(16)21/h2,4,8-13,20H,3,5-7H2,1H3,(H2,16,21)/t9?,10?,11-,12+,13+/m0/s1. The molecule has 1 fully saturated rings. The van der Waals surface area contributed by atoms with E-state index in [2.05, 4.69) is 10.1 Å². The number of aliphatic hydroxyl groups is 1. The molecule has 1 amide bonds. The number of carbonyl (C=O) groups excluding carboxylic acids is 1. The van der Waals surface area contributed by atoms with Crippen LogP contribution in [0.25, 0.3) is 0 Å². The molecule has 144 valence electrons. The van der Waals surface area contributed by atoms with Gasteiger partial charge in [-0.15, -0.1) is 5.10 Å². The molecule has 10 nitrogen and oxygen atoms in total. The van der Waals surface area contributed by atoms with Crippen molar-refractivity contribution in [2.45, 2.75) is 49.9 Å². The molecule has 0 saturated carbocycles. The first-order valence-electron chi connectivity index (χ1n) is 8.37. The Morgan fingerprint density at radius 2 is 2.23 bits per heavy atom. The maximum absolute atomic E-state index is 12.3. The molecular weight excluding hydrogens is 364 g/mol. The van der Waals surface area contributed by atoms with E-state index in [-0.39, 0.29) is 18.9 Å². The molecule has 1 aromatic heterocycles. The number of primary amides is 1. The number of carbonyl (C=O) groups is 1. The first kappa shape index (κ1) is 19.0. The molecule has 2 unspecified atom stereocenters. The zero-order valence-corrected chi connectivity index (χ0v) is 15.1. The second kappa shape index (κ2) is 7.43. The van der Waals surface area contributed by atoms with E-state index < -0.39 is 39.7 Å². The zero-order valence-electron chi connectivity index (χ0n) is 14.3. The normalized spacial score (nSPS) is 32.0. The zero-order chi connectivity index (χ0) is 18.9. The summed E-state index contributed by atoms with van der Waals surface area (Å²) >= 11 is 0. The van der Waals surface area contributed by atoms with Gasteiger partial charge in [-0.25, -0.2) is 9.67 Å². The molecule has 1 aromatic rings. The lowest BCUT2D eigenvalue weighted by atomic mass is 9.98. The van der Waals surface area contributed by atoms with Crippen molar-refractivity contribution >= 4 is 16.0 Å². The minimum atomic E-state index is -3.78. The Labute approximate surface area is 151 Å². The molecule has 3 rings (SSSR count). The largest absolute Gasteiger partial charge is 0.390 e. The van der Waals surface area contributed by atoms with Crippen molar-refractivity contribution in [3.8, 4) is 0 Å². The topological polar surface area (TPSA) is 147 Å². The van der Waals surface area contributed by atoms with Gasteiger partial charge in [-0.2, -0.15) is 8.42 Å². The van der Waals surface area contributed by atoms with Crippen LogP contribution in [0.15, 0.2) is 18.5 Å². The number of nitrogens with zero attached hydrogens (tertiary/aromatic N) is 3. The molecule has 3 N–H and O–H groups in total. The van der Waals surface area contributed by atoms with Gasteiger partial charge in [-0.05, 0) is 18.8 Å². The molecule has 2 aliphatic rings. The highest BCUT2D eigenvalue weighted by molar-refractivity contribution is 7.87. The number of hydrogen-bond acceptors (Lipinski definition) is 8. The highest BCUT2D eigenvalue weighted by Crippen LogP contribution is 2.29. The van der Waals surface area contributed by atoms with Crippen LogP contribution in [0.4, 0.5) is 0 Å². The fraction of sp³-hybridized carbons (Fsp3) is 0.667. The SMILES string of the molecule is CC1C=CC(S(=O)(=O)OC[C@H]2O[C@@H](n3cnc(C(N)=O)n3)C[C@@H]2O)CC1.